The summed E-state index contributed by atoms with van der Waals surface area (Å²) < 4.78 is 0. The maximum atomic E-state index is 5.14. The van der Waals surface area contributed by atoms with Crippen molar-refractivity contribution in [1.29, 1.82) is 0 Å². The molecular weight excluding hydrogens is 354 g/mol. The summed E-state index contributed by atoms with van der Waals surface area (Å²) in [6.45, 7) is 27.4. The van der Waals surface area contributed by atoms with Crippen LogP contribution in [0.5, 0.6) is 0 Å². The SMILES string of the molecule is CC1=C(C)C(C)C(C)=C1[Si](C)(C)[N-]C(C)(C)C.[CH-]=C/C=C/C.[CH3-].[CH3-].[Ti+4]. The molecule has 25 heavy (non-hydrogen) atoms. The van der Waals surface area contributed by atoms with Gasteiger partial charge in [0, 0.05) is 0 Å². The average Bonchev–Trinajstić information content (AvgIpc) is 2.53. The van der Waals surface area contributed by atoms with Gasteiger partial charge in [0.15, 0.2) is 0 Å². The molecule has 0 N–H and O–H groups in total. The first-order valence-electron chi connectivity index (χ1n) is 8.18. The second-order valence-electron chi connectivity index (χ2n) is 7.65. The number of hydrogen-bond donors (Lipinski definition) is 0. The van der Waals surface area contributed by atoms with Gasteiger partial charge < -0.3 is 19.8 Å². The topological polar surface area (TPSA) is 14.1 Å². The van der Waals surface area contributed by atoms with Crippen LogP contribution in [0.25, 0.3) is 4.98 Å². The zero-order valence-electron chi connectivity index (χ0n) is 18.8. The van der Waals surface area contributed by atoms with E-state index in [1.54, 1.807) is 22.4 Å². The maximum Gasteiger partial charge on any atom is 4.00 e. The molecule has 142 valence electrons. The Kier molecular flexibility index (Phi) is 17.0. The van der Waals surface area contributed by atoms with E-state index in [1.165, 1.54) is 11.6 Å². The Hall–Kier alpha value is -0.149. The minimum absolute atomic E-state index is 0. The normalized spacial score (nSPS) is 17.3. The number of hydrogen-bond acceptors (Lipinski definition) is 0. The Balaban J connectivity index is -0.000000244. The largest absolute Gasteiger partial charge is 4.00 e. The summed E-state index contributed by atoms with van der Waals surface area (Å²) in [4.78, 5) is 5.14. The molecule has 1 rings (SSSR count). The molecule has 0 aromatic rings. The predicted molar refractivity (Wildman–Crippen MR) is 117 cm³/mol. The molecule has 0 bridgehead atoms. The number of nitrogens with zero attached hydrogens (tertiary/aromatic N) is 1. The summed E-state index contributed by atoms with van der Waals surface area (Å²) in [6, 6.07) is 0. The standard InChI is InChI=1S/C15H28NSi.C5H7.2CH3.Ti/c1-10-11(2)13(4)14(12(10)3)17(8,9)16-15(5,6)7;1-3-5-4-2;;;/h10H,1-9H3;1,3-5H,2H3;2*1H3;/q4*-1;+4/b;5-4+;;;. The van der Waals surface area contributed by atoms with Gasteiger partial charge in [-0.15, -0.1) is 5.54 Å². The first kappa shape index (κ1) is 32.5. The minimum atomic E-state index is -1.67. The van der Waals surface area contributed by atoms with E-state index in [2.05, 4.69) is 61.6 Å². The summed E-state index contributed by atoms with van der Waals surface area (Å²) in [6.07, 6.45) is 5.15. The van der Waals surface area contributed by atoms with Crippen LogP contribution in [0.3, 0.4) is 0 Å². The van der Waals surface area contributed by atoms with Crippen LogP contribution in [0.2, 0.25) is 13.1 Å². The molecule has 3 heteroatoms. The zero-order valence-corrected chi connectivity index (χ0v) is 21.4. The Labute approximate surface area is 176 Å². The third kappa shape index (κ3) is 9.94. The summed E-state index contributed by atoms with van der Waals surface area (Å²) in [7, 11) is -1.67. The molecule has 1 aliphatic carbocycles. The van der Waals surface area contributed by atoms with Gasteiger partial charge in [-0.2, -0.15) is 6.08 Å². The van der Waals surface area contributed by atoms with Crippen LogP contribution in [0.1, 0.15) is 55.4 Å². The van der Waals surface area contributed by atoms with Gasteiger partial charge >= 0.3 is 21.7 Å². The first-order chi connectivity index (χ1) is 9.89. The van der Waals surface area contributed by atoms with Crippen molar-refractivity contribution in [2.24, 2.45) is 5.92 Å². The van der Waals surface area contributed by atoms with Crippen LogP contribution in [0.4, 0.5) is 0 Å². The molecule has 0 aromatic carbocycles. The van der Waals surface area contributed by atoms with Gasteiger partial charge in [0.25, 0.3) is 0 Å². The fourth-order valence-corrected chi connectivity index (χ4v) is 7.39. The molecule has 1 atom stereocenters. The summed E-state index contributed by atoms with van der Waals surface area (Å²) in [5.74, 6) is 0.618. The van der Waals surface area contributed by atoms with Crippen LogP contribution < -0.4 is 0 Å². The van der Waals surface area contributed by atoms with Crippen molar-refractivity contribution < 1.29 is 21.7 Å². The molecule has 0 aliphatic heterocycles. The molecule has 0 fully saturated rings. The second-order valence-corrected chi connectivity index (χ2v) is 11.5. The van der Waals surface area contributed by atoms with Crippen molar-refractivity contribution in [3.8, 4) is 0 Å². The van der Waals surface area contributed by atoms with Crippen molar-refractivity contribution in [1.82, 2.24) is 0 Å². The fourth-order valence-electron chi connectivity index (χ4n) is 3.31. The Morgan fingerprint density at radius 3 is 1.68 bits per heavy atom. The Morgan fingerprint density at radius 1 is 1.04 bits per heavy atom. The molecule has 0 amide bonds. The van der Waals surface area contributed by atoms with Crippen LogP contribution in [0, 0.1) is 27.4 Å². The minimum Gasteiger partial charge on any atom is -0.656 e. The van der Waals surface area contributed by atoms with E-state index in [9.17, 15) is 0 Å². The summed E-state index contributed by atoms with van der Waals surface area (Å²) >= 11 is 0. The van der Waals surface area contributed by atoms with Crippen LogP contribution in [0.15, 0.2) is 40.1 Å². The zero-order chi connectivity index (χ0) is 17.7. The molecule has 0 saturated carbocycles. The van der Waals surface area contributed by atoms with Gasteiger partial charge in [0.1, 0.15) is 0 Å². The molecular formula is C22H41NSiTi. The summed E-state index contributed by atoms with van der Waals surface area (Å²) in [5.41, 5.74) is 4.69. The number of allylic oxidation sites excluding steroid dienone is 7. The molecule has 1 nitrogen and oxygen atoms in total. The van der Waals surface area contributed by atoms with E-state index < -0.39 is 8.24 Å². The Bertz CT molecular complexity index is 491. The monoisotopic (exact) mass is 395 g/mol. The smallest absolute Gasteiger partial charge is 0.656 e. The van der Waals surface area contributed by atoms with Gasteiger partial charge in [0.2, 0.25) is 0 Å². The van der Waals surface area contributed by atoms with E-state index in [4.69, 9.17) is 11.6 Å². The maximum absolute atomic E-state index is 5.14. The molecule has 0 saturated heterocycles. The molecule has 0 spiro atoms. The summed E-state index contributed by atoms with van der Waals surface area (Å²) in [5, 5.41) is 1.59. The predicted octanol–water partition coefficient (Wildman–Crippen LogP) is 7.66. The molecule has 0 aromatic heterocycles. The first-order valence-corrected chi connectivity index (χ1v) is 11.1. The van der Waals surface area contributed by atoms with Gasteiger partial charge in [-0.3, -0.25) is 6.58 Å². The van der Waals surface area contributed by atoms with Crippen molar-refractivity contribution in [2.45, 2.75) is 74.0 Å². The Morgan fingerprint density at radius 2 is 1.48 bits per heavy atom. The molecule has 1 aliphatic rings. The van der Waals surface area contributed by atoms with Gasteiger partial charge in [-0.05, 0) is 34.9 Å². The van der Waals surface area contributed by atoms with Crippen molar-refractivity contribution in [3.05, 3.63) is 66.6 Å². The van der Waals surface area contributed by atoms with Gasteiger partial charge in [0.05, 0.1) is 0 Å². The van der Waals surface area contributed by atoms with Crippen molar-refractivity contribution in [3.63, 3.8) is 0 Å². The third-order valence-corrected chi connectivity index (χ3v) is 7.41. The van der Waals surface area contributed by atoms with Crippen LogP contribution in [-0.4, -0.2) is 13.8 Å². The van der Waals surface area contributed by atoms with Crippen molar-refractivity contribution >= 4 is 8.24 Å². The third-order valence-electron chi connectivity index (χ3n) is 4.19. The van der Waals surface area contributed by atoms with Gasteiger partial charge in [-0.1, -0.05) is 69.6 Å². The quantitative estimate of drug-likeness (QED) is 0.265. The second kappa shape index (κ2) is 13.1. The average molecular weight is 396 g/mol. The van der Waals surface area contributed by atoms with Crippen molar-refractivity contribution in [2.75, 3.05) is 0 Å². The molecule has 0 heterocycles. The van der Waals surface area contributed by atoms with E-state index in [0.29, 0.717) is 5.92 Å². The fraction of sp³-hybridized carbons (Fsp3) is 0.545. The van der Waals surface area contributed by atoms with Crippen LogP contribution >= 0.6 is 0 Å². The van der Waals surface area contributed by atoms with E-state index in [1.807, 2.05) is 13.0 Å². The van der Waals surface area contributed by atoms with Crippen LogP contribution in [-0.2, 0) is 21.7 Å². The van der Waals surface area contributed by atoms with E-state index in [0.717, 1.165) is 0 Å². The molecule has 1 unspecified atom stereocenters. The molecule has 0 radical (unpaired) electrons. The van der Waals surface area contributed by atoms with Gasteiger partial charge in [-0.25, -0.2) is 12.2 Å². The number of rotatable bonds is 3. The van der Waals surface area contributed by atoms with E-state index >= 15 is 0 Å². The van der Waals surface area contributed by atoms with E-state index in [-0.39, 0.29) is 42.1 Å².